The number of halogens is 1. The molecule has 3 atom stereocenters. The first-order valence-corrected chi connectivity index (χ1v) is 15.6. The normalized spacial score (nSPS) is 19.2. The molecule has 0 aromatic heterocycles. The minimum absolute atomic E-state index is 0.0688. The van der Waals surface area contributed by atoms with Gasteiger partial charge in [-0.2, -0.15) is 0 Å². The quantitative estimate of drug-likeness (QED) is 0.305. The number of nitrogens with zero attached hydrogens (tertiary/aromatic N) is 2. The molecule has 0 bridgehead atoms. The van der Waals surface area contributed by atoms with Gasteiger partial charge >= 0.3 is 18.2 Å². The maximum Gasteiger partial charge on any atom is 0.410 e. The summed E-state index contributed by atoms with van der Waals surface area (Å²) in [6.07, 6.45) is 6.86. The zero-order chi connectivity index (χ0) is 31.4. The molecule has 10 nitrogen and oxygen atoms in total. The number of methoxy groups -OCH3 is 1. The van der Waals surface area contributed by atoms with Gasteiger partial charge in [-0.3, -0.25) is 0 Å². The van der Waals surface area contributed by atoms with Gasteiger partial charge in [0.25, 0.3) is 0 Å². The molecule has 242 valence electrons. The highest BCUT2D eigenvalue weighted by Crippen LogP contribution is 2.33. The van der Waals surface area contributed by atoms with Crippen LogP contribution in [-0.4, -0.2) is 86.6 Å². The van der Waals surface area contributed by atoms with Crippen molar-refractivity contribution in [2.45, 2.75) is 89.9 Å². The number of likely N-dealkylation sites (N-methyl/N-ethyl adjacent to an activating group) is 1. The van der Waals surface area contributed by atoms with Gasteiger partial charge in [-0.15, -0.1) is 0 Å². The second-order valence-corrected chi connectivity index (χ2v) is 12.9. The number of likely N-dealkylation sites (tertiary alicyclic amines) is 1. The molecule has 0 spiro atoms. The second kappa shape index (κ2) is 16.7. The molecule has 1 aromatic carbocycles. The van der Waals surface area contributed by atoms with E-state index in [0.717, 1.165) is 32.1 Å². The number of amides is 4. The Kier molecular flexibility index (Phi) is 13.3. The Morgan fingerprint density at radius 1 is 1.12 bits per heavy atom. The highest BCUT2D eigenvalue weighted by Gasteiger charge is 2.33. The van der Waals surface area contributed by atoms with E-state index >= 15 is 0 Å². The Morgan fingerprint density at radius 3 is 2.53 bits per heavy atom. The van der Waals surface area contributed by atoms with Gasteiger partial charge in [0.1, 0.15) is 11.4 Å². The molecule has 1 saturated heterocycles. The Balaban J connectivity index is 1.68. The lowest BCUT2D eigenvalue weighted by molar-refractivity contribution is -0.00894. The van der Waals surface area contributed by atoms with Crippen molar-refractivity contribution in [2.75, 3.05) is 46.9 Å². The van der Waals surface area contributed by atoms with Gasteiger partial charge in [0.2, 0.25) is 0 Å². The number of urea groups is 1. The highest BCUT2D eigenvalue weighted by molar-refractivity contribution is 5.75. The topological polar surface area (TPSA) is 109 Å². The third-order valence-electron chi connectivity index (χ3n) is 8.07. The summed E-state index contributed by atoms with van der Waals surface area (Å²) in [5.41, 5.74) is 0.0887. The first-order valence-electron chi connectivity index (χ1n) is 15.6. The Morgan fingerprint density at radius 2 is 1.86 bits per heavy atom. The summed E-state index contributed by atoms with van der Waals surface area (Å²) >= 11 is 0. The fraction of sp³-hybridized carbons (Fsp3) is 0.719. The van der Waals surface area contributed by atoms with E-state index in [4.69, 9.17) is 9.47 Å². The molecule has 3 rings (SSSR count). The van der Waals surface area contributed by atoms with E-state index in [9.17, 15) is 18.8 Å². The zero-order valence-corrected chi connectivity index (χ0v) is 26.5. The average Bonchev–Trinajstić information content (AvgIpc) is 2.96. The van der Waals surface area contributed by atoms with E-state index < -0.39 is 23.9 Å². The van der Waals surface area contributed by atoms with Gasteiger partial charge in [-0.25, -0.2) is 18.8 Å². The molecule has 4 amide bonds. The van der Waals surface area contributed by atoms with E-state index in [1.165, 1.54) is 38.5 Å². The van der Waals surface area contributed by atoms with Crippen molar-refractivity contribution in [1.82, 2.24) is 20.4 Å². The standard InChI is InChI=1S/C32H51FN4O6/c1-32(2,3)43-31(40)36(4)22-27(19-23-11-7-6-8-12-23)35-29(38)37-17-10-14-25(21-37)28(24-13-9-15-26(33)20-24)42-18-16-34-30(39)41-5/h9,13,15,20,23,25,27-28H,6-8,10-12,14,16-19,21-22H2,1-5H3,(H,34,39)(H,35,38)/t25-,27+,28+/m1/s1. The molecule has 43 heavy (non-hydrogen) atoms. The molecule has 2 fully saturated rings. The van der Waals surface area contributed by atoms with Crippen LogP contribution in [0.1, 0.15) is 83.8 Å². The van der Waals surface area contributed by atoms with Crippen molar-refractivity contribution in [3.63, 3.8) is 0 Å². The lowest BCUT2D eigenvalue weighted by Gasteiger charge is -2.38. The van der Waals surface area contributed by atoms with E-state index in [-0.39, 0.29) is 37.0 Å². The number of benzene rings is 1. The lowest BCUT2D eigenvalue weighted by atomic mass is 9.84. The number of carbonyl (C=O) groups is 3. The van der Waals surface area contributed by atoms with E-state index in [0.29, 0.717) is 31.1 Å². The SMILES string of the molecule is COC(=O)NCCO[C@@H](c1cccc(F)c1)[C@@H]1CCCN(C(=O)N[C@@H](CC2CCCCC2)CN(C)C(=O)OC(C)(C)C)C1. The molecule has 0 radical (unpaired) electrons. The molecule has 1 aromatic rings. The molecule has 1 aliphatic carbocycles. The van der Waals surface area contributed by atoms with Crippen molar-refractivity contribution in [3.05, 3.63) is 35.6 Å². The number of nitrogens with one attached hydrogen (secondary N) is 2. The maximum absolute atomic E-state index is 14.2. The number of piperidine rings is 1. The molecule has 2 aliphatic rings. The summed E-state index contributed by atoms with van der Waals surface area (Å²) in [7, 11) is 3.00. The van der Waals surface area contributed by atoms with Gasteiger partial charge in [0.05, 0.1) is 19.8 Å². The Labute approximate surface area is 256 Å². The van der Waals surface area contributed by atoms with Crippen molar-refractivity contribution < 1.29 is 33.0 Å². The van der Waals surface area contributed by atoms with E-state index in [1.807, 2.05) is 26.8 Å². The van der Waals surface area contributed by atoms with Gasteiger partial charge in [-0.05, 0) is 63.6 Å². The van der Waals surface area contributed by atoms with Gasteiger partial charge in [-0.1, -0.05) is 44.2 Å². The largest absolute Gasteiger partial charge is 0.453 e. The summed E-state index contributed by atoms with van der Waals surface area (Å²) in [6.45, 7) is 7.35. The van der Waals surface area contributed by atoms with Crippen LogP contribution in [0.4, 0.5) is 18.8 Å². The van der Waals surface area contributed by atoms with Crippen molar-refractivity contribution >= 4 is 18.2 Å². The fourth-order valence-electron chi connectivity index (χ4n) is 6.06. The predicted molar refractivity (Wildman–Crippen MR) is 162 cm³/mol. The van der Waals surface area contributed by atoms with E-state index in [1.54, 1.807) is 22.9 Å². The predicted octanol–water partition coefficient (Wildman–Crippen LogP) is 5.87. The van der Waals surface area contributed by atoms with Gasteiger partial charge < -0.3 is 34.6 Å². The van der Waals surface area contributed by atoms with Gasteiger partial charge in [0, 0.05) is 45.2 Å². The molecule has 0 unspecified atom stereocenters. The molecule has 1 heterocycles. The Hall–Kier alpha value is -3.08. The summed E-state index contributed by atoms with van der Waals surface area (Å²) in [5, 5.41) is 5.84. The monoisotopic (exact) mass is 606 g/mol. The van der Waals surface area contributed by atoms with Crippen LogP contribution in [0.2, 0.25) is 0 Å². The van der Waals surface area contributed by atoms with Crippen LogP contribution in [0.15, 0.2) is 24.3 Å². The van der Waals surface area contributed by atoms with Crippen LogP contribution in [0.25, 0.3) is 0 Å². The van der Waals surface area contributed by atoms with Crippen LogP contribution in [0.3, 0.4) is 0 Å². The highest BCUT2D eigenvalue weighted by atomic mass is 19.1. The minimum atomic E-state index is -0.605. The summed E-state index contributed by atoms with van der Waals surface area (Å²) in [5.74, 6) is 0.0778. The van der Waals surface area contributed by atoms with Crippen molar-refractivity contribution in [1.29, 1.82) is 0 Å². The van der Waals surface area contributed by atoms with Crippen LogP contribution >= 0.6 is 0 Å². The molecule has 1 aliphatic heterocycles. The van der Waals surface area contributed by atoms with Crippen LogP contribution in [-0.2, 0) is 14.2 Å². The second-order valence-electron chi connectivity index (χ2n) is 12.9. The molecular formula is C32H51FN4O6. The molecule has 11 heteroatoms. The fourth-order valence-corrected chi connectivity index (χ4v) is 6.06. The number of carbonyl (C=O) groups excluding carboxylic acids is 3. The first-order chi connectivity index (χ1) is 20.4. The third-order valence-corrected chi connectivity index (χ3v) is 8.07. The number of ether oxygens (including phenoxy) is 3. The van der Waals surface area contributed by atoms with Crippen molar-refractivity contribution in [2.24, 2.45) is 11.8 Å². The van der Waals surface area contributed by atoms with Crippen LogP contribution in [0.5, 0.6) is 0 Å². The average molecular weight is 607 g/mol. The molecular weight excluding hydrogens is 555 g/mol. The lowest BCUT2D eigenvalue weighted by Crippen LogP contribution is -2.53. The number of rotatable bonds is 11. The molecule has 2 N–H and O–H groups in total. The van der Waals surface area contributed by atoms with Crippen LogP contribution in [0, 0.1) is 17.7 Å². The number of hydrogen-bond donors (Lipinski definition) is 2. The minimum Gasteiger partial charge on any atom is -0.453 e. The summed E-state index contributed by atoms with van der Waals surface area (Å²) in [6, 6.07) is 5.94. The first kappa shape index (κ1) is 34.4. The maximum atomic E-state index is 14.2. The zero-order valence-electron chi connectivity index (χ0n) is 26.5. The molecule has 1 saturated carbocycles. The summed E-state index contributed by atoms with van der Waals surface area (Å²) < 4.78 is 30.6. The van der Waals surface area contributed by atoms with Crippen LogP contribution < -0.4 is 10.6 Å². The Bertz CT molecular complexity index is 1040. The van der Waals surface area contributed by atoms with E-state index in [2.05, 4.69) is 15.4 Å². The van der Waals surface area contributed by atoms with Gasteiger partial charge in [0.15, 0.2) is 0 Å². The number of hydrogen-bond acceptors (Lipinski definition) is 6. The number of alkyl carbamates (subject to hydrolysis) is 1. The summed E-state index contributed by atoms with van der Waals surface area (Å²) in [4.78, 5) is 41.2. The third kappa shape index (κ3) is 11.8. The van der Waals surface area contributed by atoms with Crippen molar-refractivity contribution in [3.8, 4) is 0 Å². The smallest absolute Gasteiger partial charge is 0.410 e.